The first-order valence-electron chi connectivity index (χ1n) is 2.47. The molecule has 1 aliphatic heterocycles. The molecule has 0 aromatic heterocycles. The van der Waals surface area contributed by atoms with Gasteiger partial charge < -0.3 is 14.6 Å². The van der Waals surface area contributed by atoms with E-state index in [2.05, 4.69) is 9.47 Å². The molecule has 0 spiro atoms. The molecule has 1 heterocycles. The summed E-state index contributed by atoms with van der Waals surface area (Å²) in [7, 11) is 0. The highest BCUT2D eigenvalue weighted by atomic mass is 16.8. The van der Waals surface area contributed by atoms with Crippen LogP contribution in [0.1, 0.15) is 0 Å². The van der Waals surface area contributed by atoms with E-state index in [1.54, 1.807) is 0 Å². The summed E-state index contributed by atoms with van der Waals surface area (Å²) in [6, 6.07) is 0. The van der Waals surface area contributed by atoms with Crippen LogP contribution in [0.15, 0.2) is 11.8 Å². The van der Waals surface area contributed by atoms with Gasteiger partial charge in [-0.1, -0.05) is 0 Å². The van der Waals surface area contributed by atoms with Crippen LogP contribution in [0.25, 0.3) is 0 Å². The highest BCUT2D eigenvalue weighted by Gasteiger charge is 2.17. The topological polar surface area (TPSA) is 55.8 Å². The molecule has 0 aliphatic carbocycles. The van der Waals surface area contributed by atoms with E-state index in [4.69, 9.17) is 5.11 Å². The minimum Gasteiger partial charge on any atom is -0.426 e. The van der Waals surface area contributed by atoms with E-state index < -0.39 is 6.16 Å². The van der Waals surface area contributed by atoms with Gasteiger partial charge in [-0.3, -0.25) is 0 Å². The minimum absolute atomic E-state index is 0.133. The van der Waals surface area contributed by atoms with Crippen LogP contribution in [0, 0.1) is 0 Å². The molecule has 1 aliphatic rings. The van der Waals surface area contributed by atoms with Crippen LogP contribution in [0.5, 0.6) is 0 Å². The molecule has 0 amide bonds. The van der Waals surface area contributed by atoms with E-state index >= 15 is 0 Å². The number of carbonyl (C=O) groups is 1. The second-order valence-corrected chi connectivity index (χ2v) is 1.49. The molecule has 0 saturated carbocycles. The highest BCUT2D eigenvalue weighted by Crippen LogP contribution is 2.08. The van der Waals surface area contributed by atoms with E-state index in [-0.39, 0.29) is 13.2 Å². The smallest absolute Gasteiger partial charge is 0.426 e. The van der Waals surface area contributed by atoms with Crippen molar-refractivity contribution < 1.29 is 19.4 Å². The molecule has 50 valence electrons. The van der Waals surface area contributed by atoms with Crippen molar-refractivity contribution in [3.8, 4) is 0 Å². The van der Waals surface area contributed by atoms with Gasteiger partial charge in [-0.2, -0.15) is 0 Å². The Balaban J connectivity index is 2.47. The van der Waals surface area contributed by atoms with Crippen molar-refractivity contribution in [2.45, 2.75) is 0 Å². The molecule has 1 fully saturated rings. The molecule has 0 radical (unpaired) electrons. The third kappa shape index (κ3) is 1.43. The third-order valence-corrected chi connectivity index (χ3v) is 0.866. The molecule has 1 saturated heterocycles. The number of hydrogen-bond acceptors (Lipinski definition) is 4. The van der Waals surface area contributed by atoms with E-state index in [1.807, 2.05) is 0 Å². The molecule has 4 nitrogen and oxygen atoms in total. The Morgan fingerprint density at radius 2 is 2.56 bits per heavy atom. The Bertz CT molecular complexity index is 149. The Morgan fingerprint density at radius 1 is 1.78 bits per heavy atom. The maximum absolute atomic E-state index is 10.2. The number of rotatable bonds is 1. The predicted octanol–water partition coefficient (Wildman–Crippen LogP) is 0.0294. The van der Waals surface area contributed by atoms with Gasteiger partial charge in [0.2, 0.25) is 0 Å². The first-order chi connectivity index (χ1) is 4.33. The fraction of sp³-hybridized carbons (Fsp3) is 0.400. The lowest BCUT2D eigenvalue weighted by atomic mass is 10.5. The minimum atomic E-state index is -0.699. The summed E-state index contributed by atoms with van der Waals surface area (Å²) in [6.45, 7) is 0.00532. The molecule has 0 aromatic rings. The van der Waals surface area contributed by atoms with Crippen LogP contribution >= 0.6 is 0 Å². The average molecular weight is 130 g/mol. The summed E-state index contributed by atoms with van der Waals surface area (Å²) in [5.74, 6) is 0.377. The summed E-state index contributed by atoms with van der Waals surface area (Å²) in [5, 5.41) is 8.29. The summed E-state index contributed by atoms with van der Waals surface area (Å²) in [4.78, 5) is 10.2. The lowest BCUT2D eigenvalue weighted by Crippen LogP contribution is -1.88. The van der Waals surface area contributed by atoms with E-state index in [0.29, 0.717) is 5.76 Å². The van der Waals surface area contributed by atoms with Crippen molar-refractivity contribution in [1.29, 1.82) is 0 Å². The van der Waals surface area contributed by atoms with E-state index in [1.165, 1.54) is 6.08 Å². The molecule has 0 aromatic carbocycles. The fourth-order valence-electron chi connectivity index (χ4n) is 0.498. The van der Waals surface area contributed by atoms with E-state index in [9.17, 15) is 4.79 Å². The molecule has 0 bridgehead atoms. The Hall–Kier alpha value is -1.03. The maximum Gasteiger partial charge on any atom is 0.514 e. The molecule has 9 heavy (non-hydrogen) atoms. The molecular formula is C5H6O4. The number of hydrogen-bond donors (Lipinski definition) is 1. The monoisotopic (exact) mass is 130 g/mol. The lowest BCUT2D eigenvalue weighted by Gasteiger charge is -1.86. The highest BCUT2D eigenvalue weighted by molar-refractivity contribution is 5.64. The van der Waals surface area contributed by atoms with Gasteiger partial charge in [0.05, 0.1) is 6.61 Å². The average Bonchev–Trinajstić information content (AvgIpc) is 2.17. The molecule has 0 unspecified atom stereocenters. The van der Waals surface area contributed by atoms with E-state index in [0.717, 1.165) is 0 Å². The Labute approximate surface area is 51.7 Å². The number of aliphatic hydroxyl groups excluding tert-OH is 1. The fourth-order valence-corrected chi connectivity index (χ4v) is 0.498. The maximum atomic E-state index is 10.2. The first-order valence-corrected chi connectivity index (χ1v) is 2.47. The zero-order valence-electron chi connectivity index (χ0n) is 4.66. The Morgan fingerprint density at radius 3 is 3.00 bits per heavy atom. The quantitative estimate of drug-likeness (QED) is 0.509. The van der Waals surface area contributed by atoms with Gasteiger partial charge in [-0.25, -0.2) is 4.79 Å². The van der Waals surface area contributed by atoms with Crippen molar-refractivity contribution in [3.05, 3.63) is 11.8 Å². The molecular weight excluding hydrogens is 124 g/mol. The van der Waals surface area contributed by atoms with Gasteiger partial charge in [0, 0.05) is 0 Å². The molecule has 1 rings (SSSR count). The van der Waals surface area contributed by atoms with Crippen molar-refractivity contribution in [2.24, 2.45) is 0 Å². The zero-order chi connectivity index (χ0) is 6.69. The van der Waals surface area contributed by atoms with Gasteiger partial charge in [0.1, 0.15) is 5.76 Å². The van der Waals surface area contributed by atoms with Crippen molar-refractivity contribution in [2.75, 3.05) is 13.2 Å². The van der Waals surface area contributed by atoms with Gasteiger partial charge in [0.15, 0.2) is 6.61 Å². The number of cyclic esters (lactones) is 2. The molecule has 0 atom stereocenters. The van der Waals surface area contributed by atoms with Gasteiger partial charge in [-0.05, 0) is 6.08 Å². The largest absolute Gasteiger partial charge is 0.514 e. The van der Waals surface area contributed by atoms with Crippen molar-refractivity contribution >= 4 is 6.16 Å². The second-order valence-electron chi connectivity index (χ2n) is 1.49. The first kappa shape index (κ1) is 6.10. The van der Waals surface area contributed by atoms with Gasteiger partial charge in [0.25, 0.3) is 0 Å². The van der Waals surface area contributed by atoms with Crippen LogP contribution in [0.3, 0.4) is 0 Å². The number of ether oxygens (including phenoxy) is 2. The summed E-state index contributed by atoms with van der Waals surface area (Å²) >= 11 is 0. The van der Waals surface area contributed by atoms with Crippen molar-refractivity contribution in [1.82, 2.24) is 0 Å². The van der Waals surface area contributed by atoms with Crippen LogP contribution in [-0.2, 0) is 9.47 Å². The number of aliphatic hydroxyl groups is 1. The molecule has 1 N–H and O–H groups in total. The SMILES string of the molecule is O=C1OC/C(=C\CO)O1. The van der Waals surface area contributed by atoms with Crippen molar-refractivity contribution in [3.63, 3.8) is 0 Å². The summed E-state index contributed by atoms with van der Waals surface area (Å²) in [6.07, 6.45) is 0.681. The van der Waals surface area contributed by atoms with Gasteiger partial charge >= 0.3 is 6.16 Å². The number of carbonyl (C=O) groups excluding carboxylic acids is 1. The van der Waals surface area contributed by atoms with Crippen LogP contribution < -0.4 is 0 Å². The van der Waals surface area contributed by atoms with Crippen LogP contribution in [0.4, 0.5) is 4.79 Å². The zero-order valence-corrected chi connectivity index (χ0v) is 4.66. The normalized spacial score (nSPS) is 21.9. The van der Waals surface area contributed by atoms with Gasteiger partial charge in [-0.15, -0.1) is 0 Å². The second kappa shape index (κ2) is 2.50. The van der Waals surface area contributed by atoms with Crippen LogP contribution in [-0.4, -0.2) is 24.5 Å². The molecule has 4 heteroatoms. The Kier molecular flexibility index (Phi) is 1.69. The van der Waals surface area contributed by atoms with Crippen LogP contribution in [0.2, 0.25) is 0 Å². The standard InChI is InChI=1S/C5H6O4/c6-2-1-4-3-8-5(7)9-4/h1,6H,2-3H2/b4-1+. The third-order valence-electron chi connectivity index (χ3n) is 0.866. The predicted molar refractivity (Wildman–Crippen MR) is 27.6 cm³/mol. The summed E-state index contributed by atoms with van der Waals surface area (Å²) in [5.41, 5.74) is 0. The summed E-state index contributed by atoms with van der Waals surface area (Å²) < 4.78 is 8.82. The lowest BCUT2D eigenvalue weighted by molar-refractivity contribution is 0.136.